The number of nitriles is 1. The van der Waals surface area contributed by atoms with Gasteiger partial charge in [-0.2, -0.15) is 5.26 Å². The van der Waals surface area contributed by atoms with Gasteiger partial charge in [0.15, 0.2) is 0 Å². The van der Waals surface area contributed by atoms with Crippen molar-refractivity contribution in [3.63, 3.8) is 0 Å². The third-order valence-corrected chi connectivity index (χ3v) is 9.99. The van der Waals surface area contributed by atoms with Gasteiger partial charge < -0.3 is 0 Å². The molecule has 0 aliphatic heterocycles. The highest BCUT2D eigenvalue weighted by atomic mass is 14.5. The normalized spacial score (nSPS) is 36.7. The lowest BCUT2D eigenvalue weighted by Gasteiger charge is -2.43. The molecule has 3 fully saturated rings. The summed E-state index contributed by atoms with van der Waals surface area (Å²) in [5, 5.41) is 9.94. The smallest absolute Gasteiger partial charge is 0.0689 e. The Kier molecular flexibility index (Phi) is 10.7. The number of hydrogen-bond donors (Lipinski definition) is 0. The lowest BCUT2D eigenvalue weighted by atomic mass is 9.62. The van der Waals surface area contributed by atoms with E-state index >= 15 is 0 Å². The number of hydrogen-bond acceptors (Lipinski definition) is 1. The quantitative estimate of drug-likeness (QED) is 0.301. The molecule has 1 heteroatoms. The molecule has 1 nitrogen and oxygen atoms in total. The minimum absolute atomic E-state index is 0.0380. The van der Waals surface area contributed by atoms with Gasteiger partial charge in [0.25, 0.3) is 0 Å². The Hall–Kier alpha value is -0.510. The molecule has 3 rings (SSSR count). The fourth-order valence-electron chi connectivity index (χ4n) is 7.68. The summed E-state index contributed by atoms with van der Waals surface area (Å²) in [7, 11) is 0. The van der Waals surface area contributed by atoms with Crippen LogP contribution < -0.4 is 0 Å². The Morgan fingerprint density at radius 3 is 1.61 bits per heavy atom. The zero-order chi connectivity index (χ0) is 21.9. The number of unbranched alkanes of at least 4 members (excludes halogenated alkanes) is 5. The molecule has 0 amide bonds. The summed E-state index contributed by atoms with van der Waals surface area (Å²) in [5.41, 5.74) is 0.0380. The minimum Gasteiger partial charge on any atom is -0.198 e. The molecule has 3 saturated carbocycles. The fourth-order valence-corrected chi connectivity index (χ4v) is 7.68. The first kappa shape index (κ1) is 25.1. The molecule has 0 spiro atoms. The van der Waals surface area contributed by atoms with Crippen molar-refractivity contribution in [3.05, 3.63) is 0 Å². The molecular weight excluding hydrogens is 374 g/mol. The van der Waals surface area contributed by atoms with E-state index in [0.29, 0.717) is 0 Å². The molecule has 0 atom stereocenters. The van der Waals surface area contributed by atoms with Crippen molar-refractivity contribution < 1.29 is 0 Å². The van der Waals surface area contributed by atoms with Crippen molar-refractivity contribution in [2.75, 3.05) is 0 Å². The Morgan fingerprint density at radius 2 is 1.10 bits per heavy atom. The second-order valence-corrected chi connectivity index (χ2v) is 12.0. The van der Waals surface area contributed by atoms with E-state index in [4.69, 9.17) is 0 Å². The monoisotopic (exact) mass is 427 g/mol. The maximum atomic E-state index is 9.94. The van der Waals surface area contributed by atoms with Crippen molar-refractivity contribution in [3.8, 4) is 6.07 Å². The summed E-state index contributed by atoms with van der Waals surface area (Å²) in [5.74, 6) is 5.09. The molecule has 0 heterocycles. The molecule has 0 saturated heterocycles. The van der Waals surface area contributed by atoms with E-state index in [1.54, 1.807) is 0 Å². The van der Waals surface area contributed by atoms with Gasteiger partial charge in [-0.05, 0) is 100 Å². The third kappa shape index (κ3) is 7.51. The number of nitrogens with zero attached hydrogens (tertiary/aromatic N) is 1. The average molecular weight is 428 g/mol. The van der Waals surface area contributed by atoms with E-state index in [9.17, 15) is 5.26 Å². The van der Waals surface area contributed by atoms with Crippen LogP contribution in [-0.2, 0) is 0 Å². The van der Waals surface area contributed by atoms with Crippen molar-refractivity contribution in [1.82, 2.24) is 0 Å². The zero-order valence-corrected chi connectivity index (χ0v) is 21.2. The maximum Gasteiger partial charge on any atom is 0.0689 e. The Labute approximate surface area is 195 Å². The summed E-state index contributed by atoms with van der Waals surface area (Å²) in [6.07, 6.45) is 29.4. The van der Waals surface area contributed by atoms with Crippen molar-refractivity contribution in [2.24, 2.45) is 35.0 Å². The first-order valence-corrected chi connectivity index (χ1v) is 14.6. The summed E-state index contributed by atoms with van der Waals surface area (Å²) >= 11 is 0. The van der Waals surface area contributed by atoms with E-state index in [1.807, 2.05) is 0 Å². The first-order valence-electron chi connectivity index (χ1n) is 14.6. The van der Waals surface area contributed by atoms with E-state index in [1.165, 1.54) is 135 Å². The molecule has 0 radical (unpaired) electrons. The highest BCUT2D eigenvalue weighted by molar-refractivity contribution is 5.02. The first-order chi connectivity index (χ1) is 15.2. The maximum absolute atomic E-state index is 9.94. The van der Waals surface area contributed by atoms with Crippen molar-refractivity contribution in [2.45, 2.75) is 149 Å². The van der Waals surface area contributed by atoms with Crippen LogP contribution in [0.3, 0.4) is 0 Å². The summed E-state index contributed by atoms with van der Waals surface area (Å²) in [6.45, 7) is 4.62. The van der Waals surface area contributed by atoms with E-state index in [2.05, 4.69) is 19.9 Å². The van der Waals surface area contributed by atoms with Gasteiger partial charge in [0, 0.05) is 0 Å². The van der Waals surface area contributed by atoms with Crippen LogP contribution >= 0.6 is 0 Å². The topological polar surface area (TPSA) is 23.8 Å². The van der Waals surface area contributed by atoms with Gasteiger partial charge in [-0.1, -0.05) is 78.1 Å². The molecule has 0 aromatic heterocycles. The standard InChI is InChI=1S/C30H53N/c1-3-5-7-8-9-21-30(24-31)22-19-29(20-23-30)28-17-15-27(16-18-28)26-13-11-25(12-14-26)10-6-4-2/h25-29H,3-23H2,1-2H3/t25-,26-,27?,28?,29-,30-. The lowest BCUT2D eigenvalue weighted by molar-refractivity contribution is 0.0897. The molecule has 0 N–H and O–H groups in total. The molecule has 3 aliphatic carbocycles. The van der Waals surface area contributed by atoms with Crippen LogP contribution in [0.4, 0.5) is 0 Å². The van der Waals surface area contributed by atoms with Gasteiger partial charge in [-0.3, -0.25) is 0 Å². The van der Waals surface area contributed by atoms with Gasteiger partial charge in [0.05, 0.1) is 11.5 Å². The predicted molar refractivity (Wildman–Crippen MR) is 134 cm³/mol. The van der Waals surface area contributed by atoms with Crippen LogP contribution in [0.1, 0.15) is 149 Å². The highest BCUT2D eigenvalue weighted by Crippen LogP contribution is 2.49. The zero-order valence-electron chi connectivity index (χ0n) is 21.2. The Balaban J connectivity index is 1.34. The third-order valence-electron chi connectivity index (χ3n) is 9.99. The molecule has 3 aliphatic rings. The predicted octanol–water partition coefficient (Wildman–Crippen LogP) is 9.85. The molecule has 178 valence electrons. The second kappa shape index (κ2) is 13.3. The largest absolute Gasteiger partial charge is 0.198 e. The molecule has 0 unspecified atom stereocenters. The van der Waals surface area contributed by atoms with Gasteiger partial charge in [-0.25, -0.2) is 0 Å². The van der Waals surface area contributed by atoms with Crippen molar-refractivity contribution >= 4 is 0 Å². The van der Waals surface area contributed by atoms with E-state index in [0.717, 1.165) is 29.6 Å². The van der Waals surface area contributed by atoms with Crippen LogP contribution in [0.2, 0.25) is 0 Å². The van der Waals surface area contributed by atoms with Gasteiger partial charge in [0.1, 0.15) is 0 Å². The Morgan fingerprint density at radius 1 is 0.613 bits per heavy atom. The van der Waals surface area contributed by atoms with Gasteiger partial charge in [0.2, 0.25) is 0 Å². The number of rotatable bonds is 11. The summed E-state index contributed by atoms with van der Waals surface area (Å²) < 4.78 is 0. The van der Waals surface area contributed by atoms with Crippen LogP contribution in [0.15, 0.2) is 0 Å². The highest BCUT2D eigenvalue weighted by Gasteiger charge is 2.39. The molecular formula is C30H53N. The van der Waals surface area contributed by atoms with Gasteiger partial charge in [-0.15, -0.1) is 0 Å². The van der Waals surface area contributed by atoms with Crippen LogP contribution in [0, 0.1) is 46.3 Å². The lowest BCUT2D eigenvalue weighted by Crippen LogP contribution is -2.32. The van der Waals surface area contributed by atoms with Gasteiger partial charge >= 0.3 is 0 Å². The molecule has 0 aromatic carbocycles. The molecule has 31 heavy (non-hydrogen) atoms. The van der Waals surface area contributed by atoms with E-state index in [-0.39, 0.29) is 5.41 Å². The molecule has 0 aromatic rings. The molecule has 0 bridgehead atoms. The van der Waals surface area contributed by atoms with Crippen LogP contribution in [0.5, 0.6) is 0 Å². The minimum atomic E-state index is 0.0380. The summed E-state index contributed by atoms with van der Waals surface area (Å²) in [6, 6.07) is 2.80. The Bertz CT molecular complexity index is 507. The summed E-state index contributed by atoms with van der Waals surface area (Å²) in [4.78, 5) is 0. The SMILES string of the molecule is CCCCCCC[C@]1(C#N)CC[C@H](C2CCC([C@H]3CC[C@H](CCCC)CC3)CC2)CC1. The van der Waals surface area contributed by atoms with Crippen LogP contribution in [-0.4, -0.2) is 0 Å². The second-order valence-electron chi connectivity index (χ2n) is 12.0. The van der Waals surface area contributed by atoms with Crippen LogP contribution in [0.25, 0.3) is 0 Å². The van der Waals surface area contributed by atoms with E-state index < -0.39 is 0 Å². The van der Waals surface area contributed by atoms with Crippen molar-refractivity contribution in [1.29, 1.82) is 5.26 Å². The average Bonchev–Trinajstić information content (AvgIpc) is 2.83. The fraction of sp³-hybridized carbons (Fsp3) is 0.967.